The highest BCUT2D eigenvalue weighted by molar-refractivity contribution is 5.05. The molecular formula is C16H23N5O2. The molecule has 1 saturated heterocycles. The minimum absolute atomic E-state index is 0.126. The van der Waals surface area contributed by atoms with Crippen LogP contribution in [0.5, 0.6) is 0 Å². The Bertz CT molecular complexity index is 663. The number of hydrogen-bond acceptors (Lipinski definition) is 6. The van der Waals surface area contributed by atoms with Crippen LogP contribution < -0.4 is 0 Å². The summed E-state index contributed by atoms with van der Waals surface area (Å²) in [5, 5.41) is 8.47. The molecule has 2 aromatic rings. The Morgan fingerprint density at radius 3 is 3.00 bits per heavy atom. The van der Waals surface area contributed by atoms with Gasteiger partial charge in [-0.2, -0.15) is 10.1 Å². The molecule has 7 nitrogen and oxygen atoms in total. The second kappa shape index (κ2) is 6.05. The zero-order valence-electron chi connectivity index (χ0n) is 13.7. The summed E-state index contributed by atoms with van der Waals surface area (Å²) in [6.07, 6.45) is 6.44. The number of aromatic nitrogens is 4. The molecule has 0 spiro atoms. The average Bonchev–Trinajstić information content (AvgIpc) is 3.15. The van der Waals surface area contributed by atoms with Crippen molar-refractivity contribution in [2.24, 2.45) is 0 Å². The average molecular weight is 317 g/mol. The Morgan fingerprint density at radius 1 is 1.39 bits per heavy atom. The van der Waals surface area contributed by atoms with E-state index in [2.05, 4.69) is 27.1 Å². The molecule has 1 saturated carbocycles. The monoisotopic (exact) mass is 317 g/mol. The van der Waals surface area contributed by atoms with Crippen molar-refractivity contribution in [2.45, 2.75) is 51.3 Å². The maximum absolute atomic E-state index is 5.89. The lowest BCUT2D eigenvalue weighted by atomic mass is 10.2. The van der Waals surface area contributed by atoms with E-state index < -0.39 is 0 Å². The van der Waals surface area contributed by atoms with Gasteiger partial charge in [-0.05, 0) is 32.3 Å². The van der Waals surface area contributed by atoms with Gasteiger partial charge in [-0.25, -0.2) is 0 Å². The fraction of sp³-hybridized carbons (Fsp3) is 0.688. The highest BCUT2D eigenvalue weighted by Crippen LogP contribution is 2.38. The fourth-order valence-electron chi connectivity index (χ4n) is 3.06. The SMILES string of the molecule is Cc1cnn(C[C@@H]2CN([C@@H](C)c3nc(C4CC4)no3)CCO2)c1. The van der Waals surface area contributed by atoms with Crippen molar-refractivity contribution in [3.8, 4) is 0 Å². The lowest BCUT2D eigenvalue weighted by Crippen LogP contribution is -2.45. The molecule has 0 amide bonds. The van der Waals surface area contributed by atoms with Crippen LogP contribution >= 0.6 is 0 Å². The van der Waals surface area contributed by atoms with Crippen LogP contribution in [0.2, 0.25) is 0 Å². The third kappa shape index (κ3) is 3.30. The van der Waals surface area contributed by atoms with Crippen LogP contribution in [0.15, 0.2) is 16.9 Å². The quantitative estimate of drug-likeness (QED) is 0.839. The molecule has 23 heavy (non-hydrogen) atoms. The van der Waals surface area contributed by atoms with Crippen molar-refractivity contribution in [1.82, 2.24) is 24.8 Å². The minimum atomic E-state index is 0.126. The smallest absolute Gasteiger partial charge is 0.243 e. The number of morpholine rings is 1. The summed E-state index contributed by atoms with van der Waals surface area (Å²) in [5.41, 5.74) is 1.17. The Labute approximate surface area is 135 Å². The predicted molar refractivity (Wildman–Crippen MR) is 83.0 cm³/mol. The molecule has 2 atom stereocenters. The Kier molecular flexibility index (Phi) is 3.90. The van der Waals surface area contributed by atoms with Crippen molar-refractivity contribution in [3.63, 3.8) is 0 Å². The molecule has 1 aliphatic carbocycles. The van der Waals surface area contributed by atoms with E-state index in [1.807, 2.05) is 24.0 Å². The first kappa shape index (κ1) is 14.8. The second-order valence-corrected chi connectivity index (χ2v) is 6.67. The summed E-state index contributed by atoms with van der Waals surface area (Å²) in [4.78, 5) is 6.94. The molecule has 1 aliphatic heterocycles. The first-order valence-corrected chi connectivity index (χ1v) is 8.37. The van der Waals surface area contributed by atoms with Crippen LogP contribution in [0, 0.1) is 6.92 Å². The molecule has 4 rings (SSSR count). The molecule has 2 aliphatic rings. The van der Waals surface area contributed by atoms with Crippen LogP contribution in [0.4, 0.5) is 0 Å². The first-order chi connectivity index (χ1) is 11.2. The van der Waals surface area contributed by atoms with E-state index in [0.717, 1.165) is 38.0 Å². The van der Waals surface area contributed by atoms with Gasteiger partial charge in [0.15, 0.2) is 5.82 Å². The van der Waals surface area contributed by atoms with E-state index in [-0.39, 0.29) is 12.1 Å². The van der Waals surface area contributed by atoms with Crippen LogP contribution in [-0.4, -0.2) is 50.6 Å². The third-order valence-electron chi connectivity index (χ3n) is 4.63. The molecule has 0 radical (unpaired) electrons. The van der Waals surface area contributed by atoms with Gasteiger partial charge >= 0.3 is 0 Å². The largest absolute Gasteiger partial charge is 0.374 e. The highest BCUT2D eigenvalue weighted by Gasteiger charge is 2.32. The van der Waals surface area contributed by atoms with Crippen molar-refractivity contribution in [3.05, 3.63) is 29.7 Å². The molecule has 3 heterocycles. The molecular weight excluding hydrogens is 294 g/mol. The third-order valence-corrected chi connectivity index (χ3v) is 4.63. The fourth-order valence-corrected chi connectivity index (χ4v) is 3.06. The summed E-state index contributed by atoms with van der Waals surface area (Å²) in [6, 6.07) is 0.126. The Balaban J connectivity index is 1.39. The van der Waals surface area contributed by atoms with Gasteiger partial charge in [-0.15, -0.1) is 0 Å². The van der Waals surface area contributed by atoms with Crippen LogP contribution in [0.25, 0.3) is 0 Å². The summed E-state index contributed by atoms with van der Waals surface area (Å²) in [5.74, 6) is 2.13. The molecule has 0 unspecified atom stereocenters. The molecule has 0 bridgehead atoms. The van der Waals surface area contributed by atoms with E-state index >= 15 is 0 Å². The number of hydrogen-bond donors (Lipinski definition) is 0. The standard InChI is InChI=1S/C16H23N5O2/c1-11-7-17-21(8-11)10-14-9-20(5-6-22-14)12(2)16-18-15(19-23-16)13-3-4-13/h7-8,12-14H,3-6,9-10H2,1-2H3/t12-,14-/m0/s1. The number of aryl methyl sites for hydroxylation is 1. The van der Waals surface area contributed by atoms with Gasteiger partial charge in [-0.1, -0.05) is 5.16 Å². The topological polar surface area (TPSA) is 69.2 Å². The van der Waals surface area contributed by atoms with Gasteiger partial charge in [0.1, 0.15) is 0 Å². The summed E-state index contributed by atoms with van der Waals surface area (Å²) in [7, 11) is 0. The lowest BCUT2D eigenvalue weighted by Gasteiger charge is -2.35. The molecule has 7 heteroatoms. The van der Waals surface area contributed by atoms with Crippen molar-refractivity contribution >= 4 is 0 Å². The van der Waals surface area contributed by atoms with Gasteiger partial charge in [0.05, 0.1) is 31.5 Å². The van der Waals surface area contributed by atoms with Gasteiger partial charge in [0, 0.05) is 25.2 Å². The molecule has 2 fully saturated rings. The Morgan fingerprint density at radius 2 is 2.26 bits per heavy atom. The minimum Gasteiger partial charge on any atom is -0.374 e. The van der Waals surface area contributed by atoms with E-state index in [0.29, 0.717) is 5.92 Å². The van der Waals surface area contributed by atoms with E-state index in [1.54, 1.807) is 0 Å². The normalized spacial score (nSPS) is 24.0. The first-order valence-electron chi connectivity index (χ1n) is 8.37. The predicted octanol–water partition coefficient (Wildman–Crippen LogP) is 1.91. The van der Waals surface area contributed by atoms with E-state index in [4.69, 9.17) is 9.26 Å². The molecule has 124 valence electrons. The number of nitrogens with zero attached hydrogens (tertiary/aromatic N) is 5. The lowest BCUT2D eigenvalue weighted by molar-refractivity contribution is -0.0532. The number of ether oxygens (including phenoxy) is 1. The zero-order valence-corrected chi connectivity index (χ0v) is 13.7. The highest BCUT2D eigenvalue weighted by atomic mass is 16.5. The molecule has 0 N–H and O–H groups in total. The maximum Gasteiger partial charge on any atom is 0.243 e. The maximum atomic E-state index is 5.89. The van der Waals surface area contributed by atoms with Crippen LogP contribution in [-0.2, 0) is 11.3 Å². The van der Waals surface area contributed by atoms with Gasteiger partial charge in [0.25, 0.3) is 0 Å². The molecule has 0 aromatic carbocycles. The number of rotatable bonds is 5. The summed E-state index contributed by atoms with van der Waals surface area (Å²) in [6.45, 7) is 7.41. The van der Waals surface area contributed by atoms with Crippen LogP contribution in [0.3, 0.4) is 0 Å². The summed E-state index contributed by atoms with van der Waals surface area (Å²) >= 11 is 0. The van der Waals surface area contributed by atoms with Crippen molar-refractivity contribution < 1.29 is 9.26 Å². The molecule has 2 aromatic heterocycles. The van der Waals surface area contributed by atoms with E-state index in [1.165, 1.54) is 18.4 Å². The second-order valence-electron chi connectivity index (χ2n) is 6.67. The van der Waals surface area contributed by atoms with Crippen molar-refractivity contribution in [2.75, 3.05) is 19.7 Å². The van der Waals surface area contributed by atoms with Crippen LogP contribution in [0.1, 0.15) is 49.0 Å². The van der Waals surface area contributed by atoms with Gasteiger partial charge in [0.2, 0.25) is 5.89 Å². The van der Waals surface area contributed by atoms with Gasteiger partial charge in [-0.3, -0.25) is 9.58 Å². The van der Waals surface area contributed by atoms with Crippen molar-refractivity contribution in [1.29, 1.82) is 0 Å². The Hall–Kier alpha value is -1.73. The summed E-state index contributed by atoms with van der Waals surface area (Å²) < 4.78 is 13.3. The van der Waals surface area contributed by atoms with E-state index in [9.17, 15) is 0 Å². The zero-order chi connectivity index (χ0) is 15.8. The van der Waals surface area contributed by atoms with Gasteiger partial charge < -0.3 is 9.26 Å².